The van der Waals surface area contributed by atoms with Crippen LogP contribution in [-0.2, 0) is 11.8 Å². The van der Waals surface area contributed by atoms with Crippen LogP contribution in [0.1, 0.15) is 36.9 Å². The molecular formula is C20H25Cl2N7O2. The van der Waals surface area contributed by atoms with Gasteiger partial charge in [-0.2, -0.15) is 4.98 Å². The lowest BCUT2D eigenvalue weighted by Crippen LogP contribution is -2.51. The Morgan fingerprint density at radius 1 is 1.32 bits per heavy atom. The number of ether oxygens (including phenoxy) is 1. The van der Waals surface area contributed by atoms with E-state index in [1.165, 1.54) is 0 Å². The third-order valence-electron chi connectivity index (χ3n) is 7.00. The summed E-state index contributed by atoms with van der Waals surface area (Å²) in [5.41, 5.74) is 13.6. The minimum absolute atomic E-state index is 0.00771. The van der Waals surface area contributed by atoms with Crippen LogP contribution in [0.4, 0.5) is 11.8 Å². The first kappa shape index (κ1) is 21.0. The molecule has 0 aromatic carbocycles. The van der Waals surface area contributed by atoms with Crippen molar-refractivity contribution in [2.75, 3.05) is 30.0 Å². The molecule has 4 N–H and O–H groups in total. The molecule has 5 heterocycles. The molecule has 3 aliphatic rings. The molecule has 31 heavy (non-hydrogen) atoms. The second kappa shape index (κ2) is 7.60. The Labute approximate surface area is 189 Å². The highest BCUT2D eigenvalue weighted by atomic mass is 35.5. The van der Waals surface area contributed by atoms with E-state index in [0.29, 0.717) is 34.5 Å². The van der Waals surface area contributed by atoms with Gasteiger partial charge in [-0.05, 0) is 31.4 Å². The summed E-state index contributed by atoms with van der Waals surface area (Å²) >= 11 is 12.4. The molecular weight excluding hydrogens is 441 g/mol. The first-order chi connectivity index (χ1) is 14.8. The number of hydrazine groups is 1. The number of fused-ring (bicyclic) bond motifs is 1. The molecule has 11 heteroatoms. The van der Waals surface area contributed by atoms with E-state index in [-0.39, 0.29) is 28.3 Å². The molecule has 0 aliphatic carbocycles. The lowest BCUT2D eigenvalue weighted by Gasteiger charge is -2.41. The largest absolute Gasteiger partial charge is 0.376 e. The van der Waals surface area contributed by atoms with E-state index in [4.69, 9.17) is 38.7 Å². The smallest absolute Gasteiger partial charge is 0.262 e. The Hall–Kier alpha value is -1.91. The normalized spacial score (nSPS) is 26.9. The Balaban J connectivity index is 1.44. The Kier molecular flexibility index (Phi) is 5.14. The number of pyridine rings is 1. The second-order valence-electron chi connectivity index (χ2n) is 8.64. The van der Waals surface area contributed by atoms with E-state index in [1.807, 2.05) is 6.92 Å². The Morgan fingerprint density at radius 2 is 2.06 bits per heavy atom. The van der Waals surface area contributed by atoms with Crippen molar-refractivity contribution < 1.29 is 4.74 Å². The van der Waals surface area contributed by atoms with Crippen LogP contribution in [0.2, 0.25) is 10.2 Å². The van der Waals surface area contributed by atoms with E-state index in [1.54, 1.807) is 23.9 Å². The first-order valence-corrected chi connectivity index (χ1v) is 11.1. The van der Waals surface area contributed by atoms with Gasteiger partial charge < -0.3 is 20.8 Å². The Morgan fingerprint density at radius 3 is 2.74 bits per heavy atom. The van der Waals surface area contributed by atoms with Crippen molar-refractivity contribution in [2.24, 2.45) is 18.2 Å². The number of hydrogen-bond acceptors (Lipinski definition) is 8. The van der Waals surface area contributed by atoms with Gasteiger partial charge in [0.2, 0.25) is 5.95 Å². The summed E-state index contributed by atoms with van der Waals surface area (Å²) in [5.74, 6) is 1.13. The predicted octanol–water partition coefficient (Wildman–Crippen LogP) is 1.83. The molecule has 166 valence electrons. The summed E-state index contributed by atoms with van der Waals surface area (Å²) in [6.07, 6.45) is 3.46. The molecule has 2 aromatic heterocycles. The van der Waals surface area contributed by atoms with Gasteiger partial charge in [-0.15, -0.1) is 0 Å². The van der Waals surface area contributed by atoms with Crippen LogP contribution in [-0.4, -0.2) is 46.4 Å². The van der Waals surface area contributed by atoms with Crippen LogP contribution in [0.15, 0.2) is 17.1 Å². The quantitative estimate of drug-likeness (QED) is 0.576. The van der Waals surface area contributed by atoms with Crippen molar-refractivity contribution in [1.82, 2.24) is 20.0 Å². The minimum Gasteiger partial charge on any atom is -0.376 e. The summed E-state index contributed by atoms with van der Waals surface area (Å²) < 4.78 is 7.42. The van der Waals surface area contributed by atoms with Gasteiger partial charge in [-0.1, -0.05) is 23.2 Å². The fourth-order valence-corrected chi connectivity index (χ4v) is 5.36. The number of aromatic nitrogens is 3. The average Bonchev–Trinajstić information content (AvgIpc) is 3.31. The highest BCUT2D eigenvalue weighted by molar-refractivity contribution is 6.41. The highest BCUT2D eigenvalue weighted by Crippen LogP contribution is 2.42. The number of halogens is 2. The summed E-state index contributed by atoms with van der Waals surface area (Å²) in [4.78, 5) is 24.2. The molecule has 2 saturated heterocycles. The summed E-state index contributed by atoms with van der Waals surface area (Å²) in [6.45, 7) is 4.27. The van der Waals surface area contributed by atoms with Gasteiger partial charge in [-0.3, -0.25) is 9.36 Å². The monoisotopic (exact) mass is 465 g/mol. The zero-order valence-corrected chi connectivity index (χ0v) is 18.9. The van der Waals surface area contributed by atoms with Crippen LogP contribution < -0.4 is 27.0 Å². The van der Waals surface area contributed by atoms with Gasteiger partial charge >= 0.3 is 0 Å². The lowest BCUT2D eigenvalue weighted by atomic mass is 9.73. The van der Waals surface area contributed by atoms with Gasteiger partial charge in [0.25, 0.3) is 5.56 Å². The van der Waals surface area contributed by atoms with Gasteiger partial charge in [0.05, 0.1) is 29.3 Å². The number of rotatable bonds is 2. The number of nitrogens with two attached hydrogens (primary N) is 1. The molecule has 0 saturated carbocycles. The molecule has 9 nitrogen and oxygen atoms in total. The SMILES string of the molecule is C[C@@H]1OCC2(CCN(c3nc4c(c(=O)n3C)C(c3ccnc(Cl)c3Cl)NN4)CC2)[C@@H]1N. The number of hydrogen-bond donors (Lipinski definition) is 3. The lowest BCUT2D eigenvalue weighted by molar-refractivity contribution is 0.0973. The maximum Gasteiger partial charge on any atom is 0.262 e. The van der Waals surface area contributed by atoms with Crippen LogP contribution in [0, 0.1) is 5.41 Å². The average molecular weight is 466 g/mol. The topological polar surface area (TPSA) is 110 Å². The molecule has 5 rings (SSSR count). The van der Waals surface area contributed by atoms with E-state index >= 15 is 0 Å². The zero-order valence-electron chi connectivity index (χ0n) is 17.4. The van der Waals surface area contributed by atoms with Crippen LogP contribution in [0.25, 0.3) is 0 Å². The van der Waals surface area contributed by atoms with Crippen molar-refractivity contribution in [3.63, 3.8) is 0 Å². The minimum atomic E-state index is -0.469. The fraction of sp³-hybridized carbons (Fsp3) is 0.550. The van der Waals surface area contributed by atoms with Crippen LogP contribution in [0.3, 0.4) is 0 Å². The summed E-state index contributed by atoms with van der Waals surface area (Å²) in [7, 11) is 1.75. The maximum atomic E-state index is 13.3. The van der Waals surface area contributed by atoms with E-state index < -0.39 is 6.04 Å². The van der Waals surface area contributed by atoms with E-state index in [2.05, 4.69) is 20.7 Å². The van der Waals surface area contributed by atoms with E-state index in [0.717, 1.165) is 25.9 Å². The van der Waals surface area contributed by atoms with Crippen molar-refractivity contribution >= 4 is 35.0 Å². The third-order valence-corrected chi connectivity index (χ3v) is 7.78. The first-order valence-electron chi connectivity index (χ1n) is 10.4. The molecule has 3 atom stereocenters. The number of nitrogens with zero attached hydrogens (tertiary/aromatic N) is 4. The van der Waals surface area contributed by atoms with Crippen molar-refractivity contribution in [3.8, 4) is 0 Å². The van der Waals surface area contributed by atoms with Gasteiger partial charge in [-0.25, -0.2) is 10.4 Å². The predicted molar refractivity (Wildman–Crippen MR) is 120 cm³/mol. The number of anilines is 2. The van der Waals surface area contributed by atoms with Gasteiger partial charge in [0.1, 0.15) is 5.15 Å². The fourth-order valence-electron chi connectivity index (χ4n) is 4.97. The van der Waals surface area contributed by atoms with Gasteiger partial charge in [0, 0.05) is 37.8 Å². The van der Waals surface area contributed by atoms with Crippen LogP contribution >= 0.6 is 23.2 Å². The molecule has 0 radical (unpaired) electrons. The van der Waals surface area contributed by atoms with Gasteiger partial charge in [0.15, 0.2) is 5.82 Å². The highest BCUT2D eigenvalue weighted by Gasteiger charge is 2.48. The Bertz CT molecular complexity index is 1080. The molecule has 0 amide bonds. The molecule has 0 bridgehead atoms. The van der Waals surface area contributed by atoms with Crippen molar-refractivity contribution in [3.05, 3.63) is 43.9 Å². The maximum absolute atomic E-state index is 13.3. The number of piperidine rings is 1. The van der Waals surface area contributed by atoms with Crippen molar-refractivity contribution in [1.29, 1.82) is 0 Å². The van der Waals surface area contributed by atoms with Crippen LogP contribution in [0.5, 0.6) is 0 Å². The molecule has 1 spiro atoms. The molecule has 2 fully saturated rings. The molecule has 2 aromatic rings. The zero-order chi connectivity index (χ0) is 21.9. The summed E-state index contributed by atoms with van der Waals surface area (Å²) in [5, 5.41) is 0.509. The third kappa shape index (κ3) is 3.22. The standard InChI is InChI=1S/C20H25Cl2N7O2/c1-10-15(23)20(9-31-10)4-7-29(8-5-20)19-25-17-12(18(30)28(19)2)14(26-27-17)11-3-6-24-16(22)13(11)21/h3,6,10,14-15,26-27H,4-5,7-9,23H2,1-2H3/t10-,14?,15+/m0/s1. The molecule has 3 aliphatic heterocycles. The summed E-state index contributed by atoms with van der Waals surface area (Å²) in [6, 6.07) is 1.31. The van der Waals surface area contributed by atoms with E-state index in [9.17, 15) is 4.79 Å². The molecule has 1 unspecified atom stereocenters. The van der Waals surface area contributed by atoms with Crippen molar-refractivity contribution in [2.45, 2.75) is 38.0 Å². The second-order valence-corrected chi connectivity index (χ2v) is 9.37. The number of nitrogens with one attached hydrogen (secondary N) is 2.